The lowest BCUT2D eigenvalue weighted by molar-refractivity contribution is 0.841. The van der Waals surface area contributed by atoms with Gasteiger partial charge in [0.1, 0.15) is 0 Å². The second-order valence-electron chi connectivity index (χ2n) is 8.07. The lowest BCUT2D eigenvalue weighted by Gasteiger charge is -2.35. The summed E-state index contributed by atoms with van der Waals surface area (Å²) < 4.78 is 0. The maximum absolute atomic E-state index is 2.58. The Morgan fingerprint density at radius 2 is 1.52 bits per heavy atom. The summed E-state index contributed by atoms with van der Waals surface area (Å²) in [6, 6.07) is 0. The van der Waals surface area contributed by atoms with Crippen molar-refractivity contribution in [2.75, 3.05) is 0 Å². The van der Waals surface area contributed by atoms with Gasteiger partial charge in [0.05, 0.1) is 8.07 Å². The number of hydrogen-bond donors (Lipinski definition) is 0. The summed E-state index contributed by atoms with van der Waals surface area (Å²) in [5, 5.41) is 1.77. The SMILES string of the molecule is CC1=C(C)C(C)C([Si](C)(C)C2C=CC3=C2C=CC=CC3C)=C1C. The minimum absolute atomic E-state index is 0.531. The predicted molar refractivity (Wildman–Crippen MR) is 105 cm³/mol. The molecule has 0 aromatic heterocycles. The third-order valence-electron chi connectivity index (χ3n) is 6.53. The molecular weight excluding hydrogens is 292 g/mol. The molecule has 0 radical (unpaired) electrons. The van der Waals surface area contributed by atoms with Crippen LogP contribution in [0.1, 0.15) is 34.6 Å². The highest BCUT2D eigenvalue weighted by atomic mass is 28.3. The van der Waals surface area contributed by atoms with Crippen LogP contribution in [0.5, 0.6) is 0 Å². The smallest absolute Gasteiger partial charge is 0.0791 e. The highest BCUT2D eigenvalue weighted by Crippen LogP contribution is 2.50. The molecule has 3 aliphatic carbocycles. The van der Waals surface area contributed by atoms with Crippen molar-refractivity contribution in [1.29, 1.82) is 0 Å². The van der Waals surface area contributed by atoms with Gasteiger partial charge in [-0.1, -0.05) is 79.7 Å². The van der Waals surface area contributed by atoms with E-state index in [0.717, 1.165) is 0 Å². The molecule has 0 saturated heterocycles. The zero-order valence-corrected chi connectivity index (χ0v) is 16.7. The van der Waals surface area contributed by atoms with Crippen LogP contribution in [-0.4, -0.2) is 8.07 Å². The van der Waals surface area contributed by atoms with E-state index in [1.165, 1.54) is 11.1 Å². The summed E-state index contributed by atoms with van der Waals surface area (Å²) in [4.78, 5) is 0. The molecule has 23 heavy (non-hydrogen) atoms. The molecule has 0 saturated carbocycles. The topological polar surface area (TPSA) is 0 Å². The van der Waals surface area contributed by atoms with Gasteiger partial charge < -0.3 is 0 Å². The molecule has 0 heterocycles. The van der Waals surface area contributed by atoms with Gasteiger partial charge in [-0.2, -0.15) is 0 Å². The van der Waals surface area contributed by atoms with E-state index in [4.69, 9.17) is 0 Å². The molecule has 3 unspecified atom stereocenters. The standard InChI is InChI=1S/C22H30Si/c1-14-10-8-9-11-20-19(14)12-13-21(20)23(6,7)22-17(4)15(2)16(3)18(22)5/h8-14,17,21H,1-7H3. The molecule has 3 atom stereocenters. The fraction of sp³-hybridized carbons (Fsp3) is 0.455. The Morgan fingerprint density at radius 3 is 2.13 bits per heavy atom. The highest BCUT2D eigenvalue weighted by Gasteiger charge is 2.43. The average Bonchev–Trinajstić information content (AvgIpc) is 2.94. The van der Waals surface area contributed by atoms with Crippen LogP contribution in [0.25, 0.3) is 0 Å². The van der Waals surface area contributed by atoms with Crippen molar-refractivity contribution in [3.8, 4) is 0 Å². The van der Waals surface area contributed by atoms with E-state index in [9.17, 15) is 0 Å². The van der Waals surface area contributed by atoms with Crippen molar-refractivity contribution >= 4 is 8.07 Å². The first-order valence-electron chi connectivity index (χ1n) is 8.93. The minimum Gasteiger partial charge on any atom is -0.0791 e. The Hall–Kier alpha value is -1.34. The van der Waals surface area contributed by atoms with E-state index in [1.807, 2.05) is 0 Å². The summed E-state index contributed by atoms with van der Waals surface area (Å²) in [7, 11) is -1.59. The second kappa shape index (κ2) is 5.63. The van der Waals surface area contributed by atoms with Crippen LogP contribution in [0, 0.1) is 11.8 Å². The minimum atomic E-state index is -1.59. The van der Waals surface area contributed by atoms with E-state index in [1.54, 1.807) is 21.9 Å². The van der Waals surface area contributed by atoms with E-state index in [0.29, 0.717) is 17.4 Å². The molecule has 3 rings (SSSR count). The molecule has 0 fully saturated rings. The van der Waals surface area contributed by atoms with E-state index < -0.39 is 8.07 Å². The highest BCUT2D eigenvalue weighted by molar-refractivity contribution is 6.87. The second-order valence-corrected chi connectivity index (χ2v) is 12.7. The zero-order chi connectivity index (χ0) is 16.9. The first kappa shape index (κ1) is 16.5. The molecule has 0 N–H and O–H groups in total. The average molecular weight is 323 g/mol. The summed E-state index contributed by atoms with van der Waals surface area (Å²) in [6.07, 6.45) is 14.0. The maximum atomic E-state index is 2.58. The molecule has 0 aromatic rings. The summed E-state index contributed by atoms with van der Waals surface area (Å²) in [5.41, 5.74) is 8.43. The quantitative estimate of drug-likeness (QED) is 0.507. The van der Waals surface area contributed by atoms with Crippen molar-refractivity contribution in [2.24, 2.45) is 11.8 Å². The van der Waals surface area contributed by atoms with Crippen molar-refractivity contribution in [2.45, 2.75) is 53.3 Å². The molecule has 3 aliphatic rings. The van der Waals surface area contributed by atoms with Crippen molar-refractivity contribution in [1.82, 2.24) is 0 Å². The number of rotatable bonds is 2. The van der Waals surface area contributed by atoms with Crippen molar-refractivity contribution in [3.05, 3.63) is 69.5 Å². The first-order valence-corrected chi connectivity index (χ1v) is 12.0. The van der Waals surface area contributed by atoms with Gasteiger partial charge in [0.25, 0.3) is 0 Å². The van der Waals surface area contributed by atoms with Gasteiger partial charge >= 0.3 is 0 Å². The van der Waals surface area contributed by atoms with Crippen LogP contribution >= 0.6 is 0 Å². The molecular formula is C22H30Si. The summed E-state index contributed by atoms with van der Waals surface area (Å²) in [5.74, 6) is 1.16. The normalized spacial score (nSPS) is 30.7. The van der Waals surface area contributed by atoms with Crippen molar-refractivity contribution in [3.63, 3.8) is 0 Å². The van der Waals surface area contributed by atoms with Gasteiger partial charge in [-0.05, 0) is 49.3 Å². The Balaban J connectivity index is 2.05. The Kier molecular flexibility index (Phi) is 4.04. The third-order valence-corrected chi connectivity index (χ3v) is 10.8. The van der Waals surface area contributed by atoms with Gasteiger partial charge in [-0.3, -0.25) is 0 Å². The van der Waals surface area contributed by atoms with Gasteiger partial charge in [-0.25, -0.2) is 0 Å². The maximum Gasteiger partial charge on any atom is 0.0880 e. The monoisotopic (exact) mass is 322 g/mol. The largest absolute Gasteiger partial charge is 0.0880 e. The fourth-order valence-electron chi connectivity index (χ4n) is 4.89. The van der Waals surface area contributed by atoms with Crippen LogP contribution < -0.4 is 0 Å². The Labute approximate surface area is 143 Å². The fourth-order valence-corrected chi connectivity index (χ4v) is 9.33. The molecule has 0 spiro atoms. The number of allylic oxidation sites excluding steroid dienone is 12. The molecule has 0 amide bonds. The van der Waals surface area contributed by atoms with Gasteiger partial charge in [0.15, 0.2) is 0 Å². The molecule has 122 valence electrons. The molecule has 0 aromatic carbocycles. The van der Waals surface area contributed by atoms with Crippen molar-refractivity contribution < 1.29 is 0 Å². The van der Waals surface area contributed by atoms with Crippen LogP contribution in [0.4, 0.5) is 0 Å². The van der Waals surface area contributed by atoms with Crippen LogP contribution in [0.2, 0.25) is 18.6 Å². The van der Waals surface area contributed by atoms with Gasteiger partial charge in [-0.15, -0.1) is 0 Å². The van der Waals surface area contributed by atoms with Gasteiger partial charge in [0.2, 0.25) is 0 Å². The number of hydrogen-bond acceptors (Lipinski definition) is 0. The van der Waals surface area contributed by atoms with Crippen LogP contribution in [0.15, 0.2) is 69.5 Å². The van der Waals surface area contributed by atoms with E-state index >= 15 is 0 Å². The first-order chi connectivity index (χ1) is 10.8. The van der Waals surface area contributed by atoms with Crippen LogP contribution in [0.3, 0.4) is 0 Å². The molecule has 0 bridgehead atoms. The Morgan fingerprint density at radius 1 is 0.826 bits per heavy atom. The molecule has 1 heteroatoms. The lowest BCUT2D eigenvalue weighted by Crippen LogP contribution is -2.37. The summed E-state index contributed by atoms with van der Waals surface area (Å²) in [6.45, 7) is 16.9. The predicted octanol–water partition coefficient (Wildman–Crippen LogP) is 6.54. The van der Waals surface area contributed by atoms with Crippen LogP contribution in [-0.2, 0) is 0 Å². The van der Waals surface area contributed by atoms with Gasteiger partial charge in [0, 0.05) is 5.54 Å². The Bertz CT molecular complexity index is 719. The molecule has 0 nitrogen and oxygen atoms in total. The van der Waals surface area contributed by atoms with E-state index in [-0.39, 0.29) is 0 Å². The van der Waals surface area contributed by atoms with E-state index in [2.05, 4.69) is 84.2 Å². The third kappa shape index (κ3) is 2.41. The summed E-state index contributed by atoms with van der Waals surface area (Å²) >= 11 is 0. The lowest BCUT2D eigenvalue weighted by atomic mass is 9.99. The molecule has 0 aliphatic heterocycles. The zero-order valence-electron chi connectivity index (χ0n) is 15.7.